The molecule has 0 aliphatic carbocycles. The largest absolute Gasteiger partial charge is 0.496 e. The van der Waals surface area contributed by atoms with Crippen molar-refractivity contribution in [2.45, 2.75) is 19.3 Å². The van der Waals surface area contributed by atoms with Crippen molar-refractivity contribution in [1.29, 1.82) is 0 Å². The van der Waals surface area contributed by atoms with E-state index in [4.69, 9.17) is 9.84 Å². The number of ether oxygens (including phenoxy) is 1. The van der Waals surface area contributed by atoms with Crippen molar-refractivity contribution in [2.75, 3.05) is 13.7 Å². The third-order valence-electron chi connectivity index (χ3n) is 2.53. The van der Waals surface area contributed by atoms with E-state index in [0.717, 1.165) is 0 Å². The van der Waals surface area contributed by atoms with Gasteiger partial charge in [0.05, 0.1) is 7.11 Å². The summed E-state index contributed by atoms with van der Waals surface area (Å²) in [6.07, 6.45) is 1.04. The summed E-state index contributed by atoms with van der Waals surface area (Å²) in [5.74, 6) is -1.92. The van der Waals surface area contributed by atoms with Crippen LogP contribution in [0.1, 0.15) is 29.6 Å². The number of carbonyl (C=O) groups is 2. The molecule has 0 fully saturated rings. The van der Waals surface area contributed by atoms with Gasteiger partial charge in [0.25, 0.3) is 5.91 Å². The van der Waals surface area contributed by atoms with Gasteiger partial charge in [-0.2, -0.15) is 0 Å². The minimum absolute atomic E-state index is 0.0545. The summed E-state index contributed by atoms with van der Waals surface area (Å²) in [5, 5.41) is 11.0. The molecule has 0 aliphatic rings. The minimum Gasteiger partial charge on any atom is -0.496 e. The standard InChI is InChI=1S/C13H16FNO4/c1-19-10-6-4-5-9(14)12(10)13(18)15-8-3-2-7-11(16)17/h4-6H,2-3,7-8H2,1H3,(H,15,18)(H,16,17). The molecule has 0 spiro atoms. The smallest absolute Gasteiger partial charge is 0.303 e. The average Bonchev–Trinajstić information content (AvgIpc) is 2.37. The highest BCUT2D eigenvalue weighted by atomic mass is 19.1. The van der Waals surface area contributed by atoms with Crippen LogP contribution >= 0.6 is 0 Å². The Labute approximate surface area is 110 Å². The number of halogens is 1. The molecule has 1 aromatic rings. The first-order valence-corrected chi connectivity index (χ1v) is 5.88. The number of amides is 1. The molecule has 0 saturated carbocycles. The molecule has 0 aliphatic heterocycles. The van der Waals surface area contributed by atoms with Gasteiger partial charge in [-0.05, 0) is 25.0 Å². The number of aliphatic carboxylic acids is 1. The van der Waals surface area contributed by atoms with Gasteiger partial charge in [-0.3, -0.25) is 9.59 Å². The quantitative estimate of drug-likeness (QED) is 0.740. The molecule has 0 radical (unpaired) electrons. The van der Waals surface area contributed by atoms with Crippen molar-refractivity contribution in [3.63, 3.8) is 0 Å². The molecule has 0 heterocycles. The molecule has 1 aromatic carbocycles. The van der Waals surface area contributed by atoms with E-state index >= 15 is 0 Å². The van der Waals surface area contributed by atoms with Crippen molar-refractivity contribution < 1.29 is 23.8 Å². The highest BCUT2D eigenvalue weighted by molar-refractivity contribution is 5.97. The highest BCUT2D eigenvalue weighted by Gasteiger charge is 2.16. The van der Waals surface area contributed by atoms with Crippen molar-refractivity contribution in [2.24, 2.45) is 0 Å². The zero-order chi connectivity index (χ0) is 14.3. The lowest BCUT2D eigenvalue weighted by Crippen LogP contribution is -2.26. The van der Waals surface area contributed by atoms with Crippen LogP contribution in [-0.2, 0) is 4.79 Å². The average molecular weight is 269 g/mol. The lowest BCUT2D eigenvalue weighted by molar-refractivity contribution is -0.137. The maximum atomic E-state index is 13.6. The van der Waals surface area contributed by atoms with E-state index in [1.165, 1.54) is 25.3 Å². The second-order valence-electron chi connectivity index (χ2n) is 3.92. The van der Waals surface area contributed by atoms with Gasteiger partial charge in [-0.15, -0.1) is 0 Å². The molecule has 0 unspecified atom stereocenters. The Kier molecular flexibility index (Phi) is 5.78. The predicted octanol–water partition coefficient (Wildman–Crippen LogP) is 1.82. The van der Waals surface area contributed by atoms with Crippen LogP contribution in [0, 0.1) is 5.82 Å². The third-order valence-corrected chi connectivity index (χ3v) is 2.53. The monoisotopic (exact) mass is 269 g/mol. The van der Waals surface area contributed by atoms with Gasteiger partial charge in [-0.25, -0.2) is 4.39 Å². The summed E-state index contributed by atoms with van der Waals surface area (Å²) in [7, 11) is 1.36. The van der Waals surface area contributed by atoms with Crippen LogP contribution in [0.2, 0.25) is 0 Å². The zero-order valence-corrected chi connectivity index (χ0v) is 10.6. The number of carboxylic acid groups (broad SMARTS) is 1. The number of methoxy groups -OCH3 is 1. The normalized spacial score (nSPS) is 10.0. The zero-order valence-electron chi connectivity index (χ0n) is 10.6. The molecular weight excluding hydrogens is 253 g/mol. The number of hydrogen-bond donors (Lipinski definition) is 2. The minimum atomic E-state index is -0.873. The van der Waals surface area contributed by atoms with Gasteiger partial charge in [0, 0.05) is 13.0 Å². The van der Waals surface area contributed by atoms with Crippen LogP contribution in [0.25, 0.3) is 0 Å². The van der Waals surface area contributed by atoms with Gasteiger partial charge in [0.15, 0.2) is 0 Å². The number of benzene rings is 1. The Morgan fingerprint density at radius 2 is 2.11 bits per heavy atom. The molecular formula is C13H16FNO4. The first kappa shape index (κ1) is 14.9. The predicted molar refractivity (Wildman–Crippen MR) is 66.8 cm³/mol. The fourth-order valence-corrected chi connectivity index (χ4v) is 1.59. The number of carboxylic acids is 1. The molecule has 1 amide bonds. The number of rotatable bonds is 7. The van der Waals surface area contributed by atoms with Crippen molar-refractivity contribution in [1.82, 2.24) is 5.32 Å². The summed E-state index contributed by atoms with van der Waals surface area (Å²) in [6, 6.07) is 4.14. The lowest BCUT2D eigenvalue weighted by atomic mass is 10.1. The Morgan fingerprint density at radius 1 is 1.37 bits per heavy atom. The molecule has 0 atom stereocenters. The van der Waals surface area contributed by atoms with Gasteiger partial charge in [0.2, 0.25) is 0 Å². The number of nitrogens with one attached hydrogen (secondary N) is 1. The van der Waals surface area contributed by atoms with E-state index in [9.17, 15) is 14.0 Å². The van der Waals surface area contributed by atoms with Crippen molar-refractivity contribution in [3.8, 4) is 5.75 Å². The molecule has 104 valence electrons. The molecule has 2 N–H and O–H groups in total. The molecule has 19 heavy (non-hydrogen) atoms. The van der Waals surface area contributed by atoms with Gasteiger partial charge >= 0.3 is 5.97 Å². The van der Waals surface area contributed by atoms with E-state index in [1.807, 2.05) is 0 Å². The van der Waals surface area contributed by atoms with Gasteiger partial charge in [0.1, 0.15) is 17.1 Å². The summed E-state index contributed by atoms with van der Waals surface area (Å²) in [5.41, 5.74) is -0.136. The Morgan fingerprint density at radius 3 is 2.74 bits per heavy atom. The van der Waals surface area contributed by atoms with Crippen molar-refractivity contribution >= 4 is 11.9 Å². The van der Waals surface area contributed by atoms with Crippen molar-refractivity contribution in [3.05, 3.63) is 29.6 Å². The van der Waals surface area contributed by atoms with Crippen LogP contribution < -0.4 is 10.1 Å². The van der Waals surface area contributed by atoms with Crippen LogP contribution in [0.5, 0.6) is 5.75 Å². The molecule has 5 nitrogen and oxygen atoms in total. The molecule has 0 saturated heterocycles. The Hall–Kier alpha value is -2.11. The second kappa shape index (κ2) is 7.35. The number of carbonyl (C=O) groups excluding carboxylic acids is 1. The van der Waals surface area contributed by atoms with E-state index < -0.39 is 17.7 Å². The fraction of sp³-hybridized carbons (Fsp3) is 0.385. The van der Waals surface area contributed by atoms with E-state index in [-0.39, 0.29) is 17.7 Å². The molecule has 1 rings (SSSR count). The Bertz CT molecular complexity index is 462. The maximum Gasteiger partial charge on any atom is 0.303 e. The third kappa shape index (κ3) is 4.57. The fourth-order valence-electron chi connectivity index (χ4n) is 1.59. The molecule has 0 bridgehead atoms. The van der Waals surface area contributed by atoms with E-state index in [1.54, 1.807) is 0 Å². The van der Waals surface area contributed by atoms with Gasteiger partial charge < -0.3 is 15.2 Å². The van der Waals surface area contributed by atoms with E-state index in [2.05, 4.69) is 5.32 Å². The number of hydrogen-bond acceptors (Lipinski definition) is 3. The highest BCUT2D eigenvalue weighted by Crippen LogP contribution is 2.20. The second-order valence-corrected chi connectivity index (χ2v) is 3.92. The first-order chi connectivity index (χ1) is 9.06. The summed E-state index contributed by atoms with van der Waals surface area (Å²) in [4.78, 5) is 22.1. The summed E-state index contributed by atoms with van der Waals surface area (Å²) in [6.45, 7) is 0.295. The van der Waals surface area contributed by atoms with E-state index in [0.29, 0.717) is 19.4 Å². The van der Waals surface area contributed by atoms with Crippen LogP contribution in [-0.4, -0.2) is 30.6 Å². The molecule has 6 heteroatoms. The topological polar surface area (TPSA) is 75.6 Å². The first-order valence-electron chi connectivity index (χ1n) is 5.88. The van der Waals surface area contributed by atoms with Gasteiger partial charge in [-0.1, -0.05) is 6.07 Å². The Balaban J connectivity index is 2.52. The van der Waals surface area contributed by atoms with Crippen LogP contribution in [0.3, 0.4) is 0 Å². The SMILES string of the molecule is COc1cccc(F)c1C(=O)NCCCCC(=O)O. The number of unbranched alkanes of at least 4 members (excludes halogenated alkanes) is 1. The lowest BCUT2D eigenvalue weighted by Gasteiger charge is -2.09. The maximum absolute atomic E-state index is 13.6. The van der Waals surface area contributed by atoms with Crippen LogP contribution in [0.4, 0.5) is 4.39 Å². The summed E-state index contributed by atoms with van der Waals surface area (Å²) < 4.78 is 18.5. The van der Waals surface area contributed by atoms with Crippen LogP contribution in [0.15, 0.2) is 18.2 Å². The molecule has 0 aromatic heterocycles. The summed E-state index contributed by atoms with van der Waals surface area (Å²) >= 11 is 0.